The van der Waals surface area contributed by atoms with Gasteiger partial charge < -0.3 is 9.73 Å². The molecule has 1 saturated carbocycles. The summed E-state index contributed by atoms with van der Waals surface area (Å²) in [6.45, 7) is 4.53. The van der Waals surface area contributed by atoms with Crippen molar-refractivity contribution in [3.8, 4) is 0 Å². The predicted octanol–water partition coefficient (Wildman–Crippen LogP) is 3.42. The summed E-state index contributed by atoms with van der Waals surface area (Å²) in [5.74, 6) is -0.198. The second kappa shape index (κ2) is 9.39. The number of nitrogens with zero attached hydrogens (tertiary/aromatic N) is 2. The first-order chi connectivity index (χ1) is 15.3. The monoisotopic (exact) mass is 463 g/mol. The molecule has 1 aliphatic carbocycles. The molecule has 1 aliphatic heterocycles. The molecule has 176 valence electrons. The Kier molecular flexibility index (Phi) is 6.76. The van der Waals surface area contributed by atoms with Crippen molar-refractivity contribution >= 4 is 27.0 Å². The van der Waals surface area contributed by atoms with Crippen LogP contribution in [0.2, 0.25) is 0 Å². The number of nitrogens with one attached hydrogen (secondary N) is 1. The molecule has 2 aromatic rings. The third-order valence-corrected chi connectivity index (χ3v) is 8.65. The lowest BCUT2D eigenvalue weighted by Gasteiger charge is -2.31. The molecular formula is C23H33N3O5S. The highest BCUT2D eigenvalue weighted by Gasteiger charge is 2.31. The summed E-state index contributed by atoms with van der Waals surface area (Å²) in [5.41, 5.74) is 0.866. The van der Waals surface area contributed by atoms with E-state index in [2.05, 4.69) is 5.32 Å². The fourth-order valence-electron chi connectivity index (χ4n) is 4.96. The number of fused-ring (bicyclic) bond motifs is 1. The Morgan fingerprint density at radius 3 is 2.47 bits per heavy atom. The van der Waals surface area contributed by atoms with Gasteiger partial charge in [0, 0.05) is 37.7 Å². The average molecular weight is 464 g/mol. The summed E-state index contributed by atoms with van der Waals surface area (Å²) >= 11 is 0. The molecule has 8 nitrogen and oxygen atoms in total. The van der Waals surface area contributed by atoms with E-state index in [1.165, 1.54) is 40.3 Å². The first-order valence-electron chi connectivity index (χ1n) is 11.7. The van der Waals surface area contributed by atoms with Gasteiger partial charge in [0.1, 0.15) is 0 Å². The summed E-state index contributed by atoms with van der Waals surface area (Å²) < 4.78 is 34.6. The van der Waals surface area contributed by atoms with Crippen molar-refractivity contribution in [1.29, 1.82) is 0 Å². The van der Waals surface area contributed by atoms with Crippen LogP contribution in [0.5, 0.6) is 0 Å². The minimum absolute atomic E-state index is 0.0828. The minimum Gasteiger partial charge on any atom is -0.408 e. The highest BCUT2D eigenvalue weighted by atomic mass is 32.2. The van der Waals surface area contributed by atoms with Crippen LogP contribution in [0, 0.1) is 5.92 Å². The molecule has 2 fully saturated rings. The van der Waals surface area contributed by atoms with Gasteiger partial charge in [-0.3, -0.25) is 9.36 Å². The third kappa shape index (κ3) is 4.78. The maximum Gasteiger partial charge on any atom is 0.420 e. The topological polar surface area (TPSA) is 102 Å². The Morgan fingerprint density at radius 1 is 1.12 bits per heavy atom. The van der Waals surface area contributed by atoms with Crippen LogP contribution in [0.3, 0.4) is 0 Å². The van der Waals surface area contributed by atoms with Crippen molar-refractivity contribution in [2.24, 2.45) is 5.92 Å². The minimum atomic E-state index is -3.69. The fourth-order valence-corrected chi connectivity index (χ4v) is 6.45. The van der Waals surface area contributed by atoms with Crippen LogP contribution in [-0.4, -0.2) is 42.3 Å². The van der Waals surface area contributed by atoms with E-state index >= 15 is 0 Å². The Morgan fingerprint density at radius 2 is 1.81 bits per heavy atom. The molecule has 1 N–H and O–H groups in total. The van der Waals surface area contributed by atoms with Gasteiger partial charge in [0.2, 0.25) is 15.9 Å². The molecule has 0 spiro atoms. The van der Waals surface area contributed by atoms with Gasteiger partial charge in [0.15, 0.2) is 5.58 Å². The van der Waals surface area contributed by atoms with Crippen molar-refractivity contribution in [2.45, 2.75) is 82.2 Å². The molecule has 0 unspecified atom stereocenters. The van der Waals surface area contributed by atoms with Gasteiger partial charge in [0.05, 0.1) is 10.4 Å². The molecule has 2 heterocycles. The summed E-state index contributed by atoms with van der Waals surface area (Å²) in [5, 5.41) is 3.16. The SMILES string of the molecule is CC(C)n1c(=O)oc2cc(S(=O)(=O)N3CCC(CC(=O)NC4CCCCC4)CC3)ccc21. The van der Waals surface area contributed by atoms with Crippen LogP contribution < -0.4 is 11.1 Å². The van der Waals surface area contributed by atoms with Gasteiger partial charge in [-0.2, -0.15) is 4.31 Å². The molecule has 0 bridgehead atoms. The average Bonchev–Trinajstić information content (AvgIpc) is 3.10. The lowest BCUT2D eigenvalue weighted by molar-refractivity contribution is -0.123. The van der Waals surface area contributed by atoms with Crippen molar-refractivity contribution in [3.63, 3.8) is 0 Å². The van der Waals surface area contributed by atoms with E-state index in [1.807, 2.05) is 13.8 Å². The molecule has 1 aromatic heterocycles. The molecule has 32 heavy (non-hydrogen) atoms. The molecule has 2 aliphatic rings. The van der Waals surface area contributed by atoms with E-state index < -0.39 is 15.8 Å². The van der Waals surface area contributed by atoms with Gasteiger partial charge in [-0.1, -0.05) is 19.3 Å². The normalized spacial score (nSPS) is 19.6. The number of carbonyl (C=O) groups is 1. The molecule has 1 saturated heterocycles. The van der Waals surface area contributed by atoms with Crippen LogP contribution in [0.4, 0.5) is 0 Å². The number of hydrogen-bond donors (Lipinski definition) is 1. The van der Waals surface area contributed by atoms with Crippen LogP contribution in [0.1, 0.15) is 71.3 Å². The van der Waals surface area contributed by atoms with Gasteiger partial charge in [-0.05, 0) is 57.6 Å². The van der Waals surface area contributed by atoms with Crippen molar-refractivity contribution < 1.29 is 17.6 Å². The van der Waals surface area contributed by atoms with Crippen molar-refractivity contribution in [3.05, 3.63) is 28.7 Å². The van der Waals surface area contributed by atoms with E-state index in [-0.39, 0.29) is 28.3 Å². The number of hydrogen-bond acceptors (Lipinski definition) is 5. The molecule has 0 atom stereocenters. The van der Waals surface area contributed by atoms with Gasteiger partial charge in [0.25, 0.3) is 0 Å². The number of aromatic nitrogens is 1. The number of amides is 1. The maximum atomic E-state index is 13.2. The zero-order chi connectivity index (χ0) is 22.9. The van der Waals surface area contributed by atoms with E-state index in [1.54, 1.807) is 6.07 Å². The Bertz CT molecular complexity index is 1120. The van der Waals surface area contributed by atoms with Crippen molar-refractivity contribution in [2.75, 3.05) is 13.1 Å². The maximum absolute atomic E-state index is 13.2. The van der Waals surface area contributed by atoms with Gasteiger partial charge >= 0.3 is 5.76 Å². The molecule has 4 rings (SSSR count). The van der Waals surface area contributed by atoms with Crippen LogP contribution in [0.15, 0.2) is 32.3 Å². The lowest BCUT2D eigenvalue weighted by Crippen LogP contribution is -2.41. The highest BCUT2D eigenvalue weighted by Crippen LogP contribution is 2.28. The summed E-state index contributed by atoms with van der Waals surface area (Å²) in [4.78, 5) is 24.6. The summed E-state index contributed by atoms with van der Waals surface area (Å²) in [7, 11) is -3.69. The van der Waals surface area contributed by atoms with Gasteiger partial charge in [-0.25, -0.2) is 13.2 Å². The second-order valence-electron chi connectivity index (χ2n) is 9.42. The number of sulfonamides is 1. The number of oxazole rings is 1. The zero-order valence-corrected chi connectivity index (χ0v) is 19.7. The highest BCUT2D eigenvalue weighted by molar-refractivity contribution is 7.89. The lowest BCUT2D eigenvalue weighted by atomic mass is 9.92. The Hall–Kier alpha value is -2.13. The summed E-state index contributed by atoms with van der Waals surface area (Å²) in [6, 6.07) is 4.83. The largest absolute Gasteiger partial charge is 0.420 e. The zero-order valence-electron chi connectivity index (χ0n) is 18.9. The van der Waals surface area contributed by atoms with E-state index in [9.17, 15) is 18.0 Å². The molecule has 9 heteroatoms. The van der Waals surface area contributed by atoms with Crippen LogP contribution >= 0.6 is 0 Å². The second-order valence-corrected chi connectivity index (χ2v) is 11.4. The molecule has 1 amide bonds. The smallest absolute Gasteiger partial charge is 0.408 e. The Balaban J connectivity index is 1.38. The molecule has 0 radical (unpaired) electrons. The summed E-state index contributed by atoms with van der Waals surface area (Å²) in [6.07, 6.45) is 7.53. The van der Waals surface area contributed by atoms with E-state index in [0.29, 0.717) is 43.9 Å². The molecular weight excluding hydrogens is 430 g/mol. The third-order valence-electron chi connectivity index (χ3n) is 6.76. The fraction of sp³-hybridized carbons (Fsp3) is 0.652. The van der Waals surface area contributed by atoms with E-state index in [0.717, 1.165) is 12.8 Å². The van der Waals surface area contributed by atoms with E-state index in [4.69, 9.17) is 4.42 Å². The number of rotatable bonds is 6. The number of piperidine rings is 1. The number of carbonyl (C=O) groups excluding carboxylic acids is 1. The molecule has 1 aromatic carbocycles. The standard InChI is InChI=1S/C23H33N3O5S/c1-16(2)26-20-9-8-19(15-21(20)31-23(26)28)32(29,30)25-12-10-17(11-13-25)14-22(27)24-18-6-4-3-5-7-18/h8-9,15-18H,3-7,10-14H2,1-2H3,(H,24,27). The predicted molar refractivity (Wildman–Crippen MR) is 122 cm³/mol. The van der Waals surface area contributed by atoms with Gasteiger partial charge in [-0.15, -0.1) is 0 Å². The quantitative estimate of drug-likeness (QED) is 0.707. The first-order valence-corrected chi connectivity index (χ1v) is 13.1. The van der Waals surface area contributed by atoms with Crippen molar-refractivity contribution in [1.82, 2.24) is 14.2 Å². The van der Waals surface area contributed by atoms with Crippen LogP contribution in [0.25, 0.3) is 11.1 Å². The Labute approximate surface area is 189 Å². The van der Waals surface area contributed by atoms with Crippen LogP contribution in [-0.2, 0) is 14.8 Å². The number of benzene rings is 1. The first kappa shape index (κ1) is 23.0.